The van der Waals surface area contributed by atoms with Crippen LogP contribution in [-0.2, 0) is 11.3 Å². The SMILES string of the molecule is COc1ccccc1CN/C=C(/C#N)C(=O)Nc1ccccc1C#N. The van der Waals surface area contributed by atoms with Crippen LogP contribution in [0.3, 0.4) is 0 Å². The number of ether oxygens (including phenoxy) is 1. The summed E-state index contributed by atoms with van der Waals surface area (Å²) in [5.41, 5.74) is 1.49. The van der Waals surface area contributed by atoms with E-state index in [1.54, 1.807) is 31.4 Å². The molecule has 0 saturated heterocycles. The quantitative estimate of drug-likeness (QED) is 0.626. The number of para-hydroxylation sites is 2. The van der Waals surface area contributed by atoms with Gasteiger partial charge >= 0.3 is 0 Å². The van der Waals surface area contributed by atoms with Gasteiger partial charge in [0.25, 0.3) is 5.91 Å². The van der Waals surface area contributed by atoms with Crippen LogP contribution < -0.4 is 15.4 Å². The molecule has 0 aliphatic heterocycles. The van der Waals surface area contributed by atoms with Crippen LogP contribution in [0.1, 0.15) is 11.1 Å². The second-order valence-electron chi connectivity index (χ2n) is 4.97. The first-order chi connectivity index (χ1) is 12.2. The minimum Gasteiger partial charge on any atom is -0.496 e. The van der Waals surface area contributed by atoms with E-state index < -0.39 is 5.91 Å². The normalized spacial score (nSPS) is 10.3. The summed E-state index contributed by atoms with van der Waals surface area (Å²) in [7, 11) is 1.58. The molecule has 0 atom stereocenters. The topological polar surface area (TPSA) is 97.9 Å². The summed E-state index contributed by atoms with van der Waals surface area (Å²) < 4.78 is 5.25. The summed E-state index contributed by atoms with van der Waals surface area (Å²) >= 11 is 0. The van der Waals surface area contributed by atoms with Gasteiger partial charge in [0.15, 0.2) is 0 Å². The number of rotatable bonds is 6. The highest BCUT2D eigenvalue weighted by Crippen LogP contribution is 2.17. The largest absolute Gasteiger partial charge is 0.496 e. The predicted molar refractivity (Wildman–Crippen MR) is 93.3 cm³/mol. The Hall–Kier alpha value is -3.77. The predicted octanol–water partition coefficient (Wildman–Crippen LogP) is 2.70. The molecular formula is C19H16N4O2. The molecule has 2 N–H and O–H groups in total. The zero-order valence-corrected chi connectivity index (χ0v) is 13.6. The van der Waals surface area contributed by atoms with Crippen LogP contribution in [0.4, 0.5) is 5.69 Å². The van der Waals surface area contributed by atoms with Gasteiger partial charge < -0.3 is 15.4 Å². The first-order valence-electron chi connectivity index (χ1n) is 7.45. The van der Waals surface area contributed by atoms with E-state index in [2.05, 4.69) is 10.6 Å². The van der Waals surface area contributed by atoms with Crippen LogP contribution in [0.15, 0.2) is 60.3 Å². The van der Waals surface area contributed by atoms with Gasteiger partial charge in [-0.1, -0.05) is 30.3 Å². The lowest BCUT2D eigenvalue weighted by Gasteiger charge is -2.09. The maximum atomic E-state index is 12.2. The molecule has 25 heavy (non-hydrogen) atoms. The highest BCUT2D eigenvalue weighted by molar-refractivity contribution is 6.07. The lowest BCUT2D eigenvalue weighted by molar-refractivity contribution is -0.112. The second kappa shape index (κ2) is 8.76. The minimum absolute atomic E-state index is 0.0948. The Bertz CT molecular complexity index is 875. The van der Waals surface area contributed by atoms with Gasteiger partial charge in [-0.05, 0) is 18.2 Å². The number of nitrogens with zero attached hydrogens (tertiary/aromatic N) is 2. The Balaban J connectivity index is 2.06. The highest BCUT2D eigenvalue weighted by Gasteiger charge is 2.11. The average molecular weight is 332 g/mol. The molecule has 0 saturated carbocycles. The van der Waals surface area contributed by atoms with Gasteiger partial charge in [-0.3, -0.25) is 4.79 Å². The van der Waals surface area contributed by atoms with Crippen molar-refractivity contribution in [1.29, 1.82) is 10.5 Å². The molecule has 0 fully saturated rings. The number of methoxy groups -OCH3 is 1. The van der Waals surface area contributed by atoms with Gasteiger partial charge in [-0.2, -0.15) is 10.5 Å². The number of benzene rings is 2. The van der Waals surface area contributed by atoms with Crippen LogP contribution in [0.5, 0.6) is 5.75 Å². The number of carbonyl (C=O) groups is 1. The zero-order chi connectivity index (χ0) is 18.1. The number of anilines is 1. The monoisotopic (exact) mass is 332 g/mol. The van der Waals surface area contributed by atoms with E-state index in [1.807, 2.05) is 36.4 Å². The van der Waals surface area contributed by atoms with Crippen LogP contribution in [0.25, 0.3) is 0 Å². The van der Waals surface area contributed by atoms with Crippen molar-refractivity contribution < 1.29 is 9.53 Å². The van der Waals surface area contributed by atoms with Gasteiger partial charge in [0, 0.05) is 18.3 Å². The number of hydrogen-bond acceptors (Lipinski definition) is 5. The second-order valence-corrected chi connectivity index (χ2v) is 4.97. The Morgan fingerprint density at radius 2 is 1.88 bits per heavy atom. The smallest absolute Gasteiger partial charge is 0.267 e. The van der Waals surface area contributed by atoms with E-state index in [0.29, 0.717) is 23.5 Å². The molecule has 0 aliphatic carbocycles. The summed E-state index contributed by atoms with van der Waals surface area (Å²) in [6, 6.07) is 17.9. The molecule has 0 unspecified atom stereocenters. The van der Waals surface area contributed by atoms with Crippen molar-refractivity contribution in [1.82, 2.24) is 5.32 Å². The molecule has 0 bridgehead atoms. The third-order valence-corrected chi connectivity index (χ3v) is 3.39. The molecule has 124 valence electrons. The fourth-order valence-corrected chi connectivity index (χ4v) is 2.14. The molecule has 0 heterocycles. The van der Waals surface area contributed by atoms with Crippen molar-refractivity contribution >= 4 is 11.6 Å². The number of hydrogen-bond donors (Lipinski definition) is 2. The lowest BCUT2D eigenvalue weighted by Crippen LogP contribution is -2.17. The molecule has 2 aromatic rings. The Morgan fingerprint density at radius 3 is 2.60 bits per heavy atom. The van der Waals surface area contributed by atoms with Crippen molar-refractivity contribution in [3.05, 3.63) is 71.4 Å². The average Bonchev–Trinajstić information content (AvgIpc) is 2.65. The van der Waals surface area contributed by atoms with E-state index in [9.17, 15) is 10.1 Å². The first kappa shape index (κ1) is 17.6. The van der Waals surface area contributed by atoms with Crippen LogP contribution >= 0.6 is 0 Å². The first-order valence-corrected chi connectivity index (χ1v) is 7.45. The van der Waals surface area contributed by atoms with E-state index in [0.717, 1.165) is 5.56 Å². The van der Waals surface area contributed by atoms with Gasteiger partial charge in [0.2, 0.25) is 0 Å². The molecule has 1 amide bonds. The maximum absolute atomic E-state index is 12.2. The molecule has 0 radical (unpaired) electrons. The van der Waals surface area contributed by atoms with Crippen molar-refractivity contribution in [2.75, 3.05) is 12.4 Å². The van der Waals surface area contributed by atoms with Crippen LogP contribution in [-0.4, -0.2) is 13.0 Å². The van der Waals surface area contributed by atoms with Gasteiger partial charge in [0.1, 0.15) is 23.5 Å². The van der Waals surface area contributed by atoms with Crippen molar-refractivity contribution in [2.24, 2.45) is 0 Å². The van der Waals surface area contributed by atoms with Crippen LogP contribution in [0, 0.1) is 22.7 Å². The molecule has 6 nitrogen and oxygen atoms in total. The number of nitriles is 2. The minimum atomic E-state index is -0.585. The van der Waals surface area contributed by atoms with E-state index in [-0.39, 0.29) is 5.57 Å². The summed E-state index contributed by atoms with van der Waals surface area (Å²) in [5, 5.41) is 23.7. The maximum Gasteiger partial charge on any atom is 0.267 e. The Labute approximate surface area is 146 Å². The fraction of sp³-hybridized carbons (Fsp3) is 0.105. The number of nitrogens with one attached hydrogen (secondary N) is 2. The molecule has 0 aliphatic rings. The number of amides is 1. The van der Waals surface area contributed by atoms with Gasteiger partial charge in [0.05, 0.1) is 18.4 Å². The highest BCUT2D eigenvalue weighted by atomic mass is 16.5. The molecule has 2 aromatic carbocycles. The molecule has 2 rings (SSSR count). The summed E-state index contributed by atoms with van der Waals surface area (Å²) in [6.07, 6.45) is 1.34. The third kappa shape index (κ3) is 4.60. The van der Waals surface area contributed by atoms with Crippen molar-refractivity contribution in [2.45, 2.75) is 6.54 Å². The van der Waals surface area contributed by atoms with E-state index in [4.69, 9.17) is 10.00 Å². The molecule has 0 aromatic heterocycles. The van der Waals surface area contributed by atoms with E-state index >= 15 is 0 Å². The van der Waals surface area contributed by atoms with Crippen molar-refractivity contribution in [3.63, 3.8) is 0 Å². The summed E-state index contributed by atoms with van der Waals surface area (Å²) in [4.78, 5) is 12.2. The van der Waals surface area contributed by atoms with Gasteiger partial charge in [-0.25, -0.2) is 0 Å². The molecule has 0 spiro atoms. The Kier molecular flexibility index (Phi) is 6.16. The summed E-state index contributed by atoms with van der Waals surface area (Å²) in [5.74, 6) is 0.132. The van der Waals surface area contributed by atoms with Crippen LogP contribution in [0.2, 0.25) is 0 Å². The fourth-order valence-electron chi connectivity index (χ4n) is 2.14. The number of carbonyl (C=O) groups excluding carboxylic acids is 1. The summed E-state index contributed by atoms with van der Waals surface area (Å²) in [6.45, 7) is 0.400. The standard InChI is InChI=1S/C19H16N4O2/c1-25-18-9-5-3-7-15(18)12-22-13-16(11-21)19(24)23-17-8-4-2-6-14(17)10-20/h2-9,13,22H,12H2,1H3,(H,23,24)/b16-13-. The van der Waals surface area contributed by atoms with Crippen molar-refractivity contribution in [3.8, 4) is 17.9 Å². The Morgan fingerprint density at radius 1 is 1.16 bits per heavy atom. The van der Waals surface area contributed by atoms with E-state index in [1.165, 1.54) is 6.20 Å². The van der Waals surface area contributed by atoms with Gasteiger partial charge in [-0.15, -0.1) is 0 Å². The molecule has 6 heteroatoms. The zero-order valence-electron chi connectivity index (χ0n) is 13.6. The lowest BCUT2D eigenvalue weighted by atomic mass is 10.2. The third-order valence-electron chi connectivity index (χ3n) is 3.39. The molecular weight excluding hydrogens is 316 g/mol.